The van der Waals surface area contributed by atoms with Crippen molar-refractivity contribution < 1.29 is 36.7 Å². The van der Waals surface area contributed by atoms with Crippen LogP contribution in [-0.4, -0.2) is 34.2 Å². The van der Waals surface area contributed by atoms with E-state index >= 15 is 0 Å². The van der Waals surface area contributed by atoms with Gasteiger partial charge in [0, 0.05) is 0 Å². The van der Waals surface area contributed by atoms with Crippen molar-refractivity contribution in [2.24, 2.45) is 5.73 Å². The van der Waals surface area contributed by atoms with Crippen molar-refractivity contribution in [3.05, 3.63) is 32.4 Å². The van der Waals surface area contributed by atoms with Crippen molar-refractivity contribution in [2.75, 3.05) is 11.9 Å². The maximum Gasteiger partial charge on any atom is 0.341 e. The number of esters is 1. The Kier molecular flexibility index (Phi) is 7.65. The van der Waals surface area contributed by atoms with E-state index in [1.807, 2.05) is 0 Å². The normalized spacial score (nSPS) is 12.3. The number of primary amides is 1. The largest absolute Gasteiger partial charge is 0.462 e. The maximum absolute atomic E-state index is 13.4. The van der Waals surface area contributed by atoms with Crippen LogP contribution in [-0.2, 0) is 9.53 Å². The third kappa shape index (κ3) is 4.82. The first-order chi connectivity index (χ1) is 14.4. The molecule has 31 heavy (non-hydrogen) atoms. The fourth-order valence-electron chi connectivity index (χ4n) is 2.69. The van der Waals surface area contributed by atoms with Crippen molar-refractivity contribution in [3.8, 4) is 0 Å². The average Bonchev–Trinajstić information content (AvgIpc) is 3.18. The molecule has 0 aromatic carbocycles. The predicted octanol–water partition coefficient (Wildman–Crippen LogP) is 4.26. The number of rotatable bonds is 8. The molecule has 0 spiro atoms. The number of amides is 2. The van der Waals surface area contributed by atoms with Crippen molar-refractivity contribution in [2.45, 2.75) is 39.7 Å². The Bertz CT molecular complexity index is 1020. The van der Waals surface area contributed by atoms with E-state index in [-0.39, 0.29) is 27.6 Å². The summed E-state index contributed by atoms with van der Waals surface area (Å²) in [6.45, 7) is 4.09. The number of thiophene rings is 1. The molecule has 0 bridgehead atoms. The fraction of sp³-hybridized carbons (Fsp3) is 0.412. The SMILES string of the molecule is CCOC(=O)c1c(NC(=O)C(C)n2nc(C(F)F)c(Cl)c2C(F)F)sc(C(N)=O)c1C. The first-order valence-corrected chi connectivity index (χ1v) is 9.86. The molecular weight excluding hydrogens is 468 g/mol. The van der Waals surface area contributed by atoms with E-state index in [1.54, 1.807) is 6.92 Å². The molecular formula is C17H17ClF4N4O4S. The molecule has 0 aliphatic heterocycles. The first-order valence-electron chi connectivity index (χ1n) is 8.67. The van der Waals surface area contributed by atoms with E-state index in [9.17, 15) is 31.9 Å². The van der Waals surface area contributed by atoms with Gasteiger partial charge in [-0.15, -0.1) is 11.3 Å². The summed E-state index contributed by atoms with van der Waals surface area (Å²) in [5, 5.41) is 4.62. The smallest absolute Gasteiger partial charge is 0.341 e. The molecule has 3 N–H and O–H groups in total. The number of hydrogen-bond donors (Lipinski definition) is 2. The van der Waals surface area contributed by atoms with Crippen LogP contribution in [0.25, 0.3) is 0 Å². The third-order valence-electron chi connectivity index (χ3n) is 4.16. The minimum Gasteiger partial charge on any atom is -0.462 e. The summed E-state index contributed by atoms with van der Waals surface area (Å²) in [4.78, 5) is 36.6. The number of aromatic nitrogens is 2. The van der Waals surface area contributed by atoms with Crippen LogP contribution in [0.15, 0.2) is 0 Å². The molecule has 1 unspecified atom stereocenters. The Morgan fingerprint density at radius 1 is 1.26 bits per heavy atom. The molecule has 2 aromatic rings. The zero-order valence-electron chi connectivity index (χ0n) is 16.3. The molecule has 0 radical (unpaired) electrons. The molecule has 0 saturated carbocycles. The molecule has 2 rings (SSSR count). The van der Waals surface area contributed by atoms with Gasteiger partial charge in [0.25, 0.3) is 18.8 Å². The number of carbonyl (C=O) groups is 3. The van der Waals surface area contributed by atoms with Crippen molar-refractivity contribution in [3.63, 3.8) is 0 Å². The van der Waals surface area contributed by atoms with Crippen LogP contribution in [0.1, 0.15) is 69.7 Å². The summed E-state index contributed by atoms with van der Waals surface area (Å²) in [6.07, 6.45) is -6.53. The molecule has 14 heteroatoms. The number of ether oxygens (including phenoxy) is 1. The maximum atomic E-state index is 13.4. The summed E-state index contributed by atoms with van der Waals surface area (Å²) in [6, 6.07) is -1.52. The quantitative estimate of drug-likeness (QED) is 0.429. The number of nitrogens with zero attached hydrogens (tertiary/aromatic N) is 2. The van der Waals surface area contributed by atoms with Gasteiger partial charge in [-0.3, -0.25) is 9.59 Å². The van der Waals surface area contributed by atoms with E-state index in [2.05, 4.69) is 10.4 Å². The molecule has 0 fully saturated rings. The molecule has 2 amide bonds. The number of hydrogen-bond acceptors (Lipinski definition) is 6. The summed E-state index contributed by atoms with van der Waals surface area (Å²) >= 11 is 6.29. The van der Waals surface area contributed by atoms with Gasteiger partial charge in [-0.25, -0.2) is 27.0 Å². The Balaban J connectivity index is 2.46. The van der Waals surface area contributed by atoms with Crippen molar-refractivity contribution in [1.82, 2.24) is 9.78 Å². The van der Waals surface area contributed by atoms with E-state index in [0.29, 0.717) is 16.0 Å². The lowest BCUT2D eigenvalue weighted by molar-refractivity contribution is -0.119. The second-order valence-electron chi connectivity index (χ2n) is 6.14. The van der Waals surface area contributed by atoms with Gasteiger partial charge in [-0.1, -0.05) is 11.6 Å². The number of anilines is 1. The van der Waals surface area contributed by atoms with Gasteiger partial charge in [0.05, 0.1) is 22.1 Å². The minimum absolute atomic E-state index is 0.00372. The van der Waals surface area contributed by atoms with E-state index in [1.165, 1.54) is 6.92 Å². The van der Waals surface area contributed by atoms with Gasteiger partial charge in [-0.05, 0) is 26.3 Å². The summed E-state index contributed by atoms with van der Waals surface area (Å²) in [5.74, 6) is -2.69. The molecule has 1 atom stereocenters. The third-order valence-corrected chi connectivity index (χ3v) is 5.77. The highest BCUT2D eigenvalue weighted by atomic mass is 35.5. The Morgan fingerprint density at radius 2 is 1.87 bits per heavy atom. The second-order valence-corrected chi connectivity index (χ2v) is 7.54. The van der Waals surface area contributed by atoms with Gasteiger partial charge in [0.2, 0.25) is 5.91 Å². The van der Waals surface area contributed by atoms with Gasteiger partial charge in [-0.2, -0.15) is 5.10 Å². The van der Waals surface area contributed by atoms with E-state index in [0.717, 1.165) is 6.92 Å². The predicted molar refractivity (Wildman–Crippen MR) is 104 cm³/mol. The number of carbonyl (C=O) groups excluding carboxylic acids is 3. The Hall–Kier alpha value is -2.67. The van der Waals surface area contributed by atoms with Crippen molar-refractivity contribution in [1.29, 1.82) is 0 Å². The van der Waals surface area contributed by atoms with Crippen LogP contribution in [0.4, 0.5) is 22.6 Å². The zero-order chi connectivity index (χ0) is 23.6. The van der Waals surface area contributed by atoms with Crippen LogP contribution < -0.4 is 11.1 Å². The topological polar surface area (TPSA) is 116 Å². The highest BCUT2D eigenvalue weighted by Crippen LogP contribution is 2.37. The summed E-state index contributed by atoms with van der Waals surface area (Å²) in [5.41, 5.74) is 3.16. The van der Waals surface area contributed by atoms with Gasteiger partial charge >= 0.3 is 5.97 Å². The van der Waals surface area contributed by atoms with Gasteiger partial charge in [0.15, 0.2) is 0 Å². The lowest BCUT2D eigenvalue weighted by atomic mass is 10.1. The number of halogens is 5. The lowest BCUT2D eigenvalue weighted by Crippen LogP contribution is -2.26. The minimum atomic E-state index is -3.29. The molecule has 2 aromatic heterocycles. The average molecular weight is 485 g/mol. The number of nitrogens with one attached hydrogen (secondary N) is 1. The van der Waals surface area contributed by atoms with Gasteiger partial charge < -0.3 is 15.8 Å². The second kappa shape index (κ2) is 9.64. The van der Waals surface area contributed by atoms with E-state index < -0.39 is 53.1 Å². The van der Waals surface area contributed by atoms with Crippen LogP contribution in [0.2, 0.25) is 5.02 Å². The molecule has 2 heterocycles. The van der Waals surface area contributed by atoms with E-state index in [4.69, 9.17) is 22.1 Å². The fourth-order valence-corrected chi connectivity index (χ4v) is 4.03. The molecule has 0 saturated heterocycles. The Morgan fingerprint density at radius 3 is 2.35 bits per heavy atom. The van der Waals surface area contributed by atoms with Crippen LogP contribution in [0, 0.1) is 6.92 Å². The van der Waals surface area contributed by atoms with Crippen LogP contribution in [0.3, 0.4) is 0 Å². The molecule has 0 aliphatic carbocycles. The standard InChI is InChI=1S/C17H17ClF4N4O4S/c1-4-30-17(29)7-5(2)11(14(23)27)31-16(7)24-15(28)6(3)26-10(13(21)22)8(18)9(25-26)12(19)20/h6,12-13H,4H2,1-3H3,(H2,23,27)(H,24,28). The monoisotopic (exact) mass is 484 g/mol. The molecule has 8 nitrogen and oxygen atoms in total. The lowest BCUT2D eigenvalue weighted by Gasteiger charge is -2.15. The highest BCUT2D eigenvalue weighted by molar-refractivity contribution is 7.18. The number of nitrogens with two attached hydrogens (primary N) is 1. The van der Waals surface area contributed by atoms with Crippen LogP contribution in [0.5, 0.6) is 0 Å². The number of alkyl halides is 4. The van der Waals surface area contributed by atoms with Gasteiger partial charge in [0.1, 0.15) is 22.4 Å². The highest BCUT2D eigenvalue weighted by Gasteiger charge is 2.33. The van der Waals surface area contributed by atoms with Crippen molar-refractivity contribution >= 4 is 45.7 Å². The molecule has 0 aliphatic rings. The first kappa shape index (κ1) is 24.6. The summed E-state index contributed by atoms with van der Waals surface area (Å²) < 4.78 is 58.1. The molecule has 170 valence electrons. The Labute approximate surface area is 182 Å². The summed E-state index contributed by atoms with van der Waals surface area (Å²) in [7, 11) is 0. The zero-order valence-corrected chi connectivity index (χ0v) is 17.9. The van der Waals surface area contributed by atoms with Crippen LogP contribution >= 0.6 is 22.9 Å².